The van der Waals surface area contributed by atoms with Gasteiger partial charge in [-0.15, -0.1) is 0 Å². The highest BCUT2D eigenvalue weighted by Crippen LogP contribution is 2.48. The lowest BCUT2D eigenvalue weighted by molar-refractivity contribution is 0.0697. The molecule has 0 spiro atoms. The van der Waals surface area contributed by atoms with Gasteiger partial charge in [-0.3, -0.25) is 0 Å². The summed E-state index contributed by atoms with van der Waals surface area (Å²) in [4.78, 5) is 28.2. The Kier molecular flexibility index (Phi) is 7.11. The Labute approximate surface area is 217 Å². The van der Waals surface area contributed by atoms with Crippen LogP contribution in [0.3, 0.4) is 0 Å². The molecule has 2 aliphatic rings. The molecule has 37 heavy (non-hydrogen) atoms. The minimum absolute atomic E-state index is 0.304. The monoisotopic (exact) mass is 505 g/mol. The number of ether oxygens (including phenoxy) is 2. The van der Waals surface area contributed by atoms with Crippen molar-refractivity contribution in [1.82, 2.24) is 9.47 Å². The highest BCUT2D eigenvalue weighted by molar-refractivity contribution is 5.99. The fraction of sp³-hybridized carbons (Fsp3) is 0.448. The van der Waals surface area contributed by atoms with Crippen LogP contribution in [0.2, 0.25) is 0 Å². The Hall–Kier alpha value is -3.52. The number of methoxy groups -OCH3 is 1. The number of nitrogens with zero attached hydrogens (tertiary/aromatic N) is 3. The minimum Gasteiger partial charge on any atom is -0.478 e. The van der Waals surface area contributed by atoms with Crippen molar-refractivity contribution in [3.63, 3.8) is 0 Å². The number of carboxylic acid groups (broad SMARTS) is 1. The zero-order valence-electron chi connectivity index (χ0n) is 21.8. The van der Waals surface area contributed by atoms with Crippen molar-refractivity contribution in [2.24, 2.45) is 0 Å². The summed E-state index contributed by atoms with van der Waals surface area (Å²) in [5, 5.41) is 10.9. The van der Waals surface area contributed by atoms with E-state index in [1.165, 1.54) is 31.9 Å². The Morgan fingerprint density at radius 2 is 1.84 bits per heavy atom. The molecule has 3 aromatic rings. The molecule has 0 atom stereocenters. The molecule has 196 valence electrons. The molecule has 0 amide bonds. The van der Waals surface area contributed by atoms with Crippen LogP contribution >= 0.6 is 0 Å². The van der Waals surface area contributed by atoms with Crippen LogP contribution in [-0.4, -0.2) is 67.5 Å². The number of likely N-dealkylation sites (N-methyl/N-ethyl adjacent to an activating group) is 1. The predicted molar refractivity (Wildman–Crippen MR) is 144 cm³/mol. The molecule has 1 saturated carbocycles. The van der Waals surface area contributed by atoms with Crippen LogP contribution < -0.4 is 9.64 Å². The van der Waals surface area contributed by atoms with Gasteiger partial charge in [-0.2, -0.15) is 0 Å². The fourth-order valence-corrected chi connectivity index (χ4v) is 5.91. The van der Waals surface area contributed by atoms with Crippen LogP contribution in [0.15, 0.2) is 36.4 Å². The molecule has 1 aliphatic heterocycles. The second-order valence-electron chi connectivity index (χ2n) is 10.3. The number of aromatic nitrogens is 1. The lowest BCUT2D eigenvalue weighted by Crippen LogP contribution is -2.33. The summed E-state index contributed by atoms with van der Waals surface area (Å²) in [6.07, 6.45) is 5.20. The van der Waals surface area contributed by atoms with E-state index in [2.05, 4.69) is 28.5 Å². The molecule has 0 bridgehead atoms. The maximum atomic E-state index is 11.9. The molecule has 0 unspecified atom stereocenters. The highest BCUT2D eigenvalue weighted by atomic mass is 16.7. The van der Waals surface area contributed by atoms with Gasteiger partial charge in [-0.05, 0) is 62.7 Å². The van der Waals surface area contributed by atoms with Crippen molar-refractivity contribution in [1.29, 1.82) is 0 Å². The molecule has 8 nitrogen and oxygen atoms in total. The van der Waals surface area contributed by atoms with Crippen LogP contribution in [0.4, 0.5) is 10.5 Å². The lowest BCUT2D eigenvalue weighted by atomic mass is 9.81. The van der Waals surface area contributed by atoms with Gasteiger partial charge < -0.3 is 28.9 Å². The van der Waals surface area contributed by atoms with Gasteiger partial charge in [0.25, 0.3) is 0 Å². The van der Waals surface area contributed by atoms with Gasteiger partial charge in [-0.1, -0.05) is 25.3 Å². The molecular formula is C29H35N3O5. The van der Waals surface area contributed by atoms with E-state index in [0.717, 1.165) is 66.9 Å². The van der Waals surface area contributed by atoms with E-state index in [4.69, 9.17) is 9.47 Å². The lowest BCUT2D eigenvalue weighted by Gasteiger charge is -2.27. The smallest absolute Gasteiger partial charge is 0.478 e. The van der Waals surface area contributed by atoms with Crippen molar-refractivity contribution >= 4 is 28.7 Å². The first-order valence-electron chi connectivity index (χ1n) is 13.1. The number of benzene rings is 2. The highest BCUT2D eigenvalue weighted by Gasteiger charge is 2.31. The van der Waals surface area contributed by atoms with Crippen LogP contribution in [-0.2, 0) is 11.3 Å². The SMILES string of the molecule is COC(=O)Oc1ccc2c(c1)N(CCN(C)C)CCn1c-2c(C2CCCCC2)c2ccc(C(=O)O)cc21. The molecule has 0 radical (unpaired) electrons. The zero-order chi connectivity index (χ0) is 26.1. The van der Waals surface area contributed by atoms with Crippen molar-refractivity contribution in [2.45, 2.75) is 44.6 Å². The molecule has 1 aliphatic carbocycles. The third-order valence-electron chi connectivity index (χ3n) is 7.71. The molecule has 0 saturated heterocycles. The Morgan fingerprint density at radius 1 is 1.05 bits per heavy atom. The average Bonchev–Trinajstić information content (AvgIpc) is 3.13. The summed E-state index contributed by atoms with van der Waals surface area (Å²) in [6, 6.07) is 11.4. The first-order chi connectivity index (χ1) is 17.9. The van der Waals surface area contributed by atoms with Gasteiger partial charge >= 0.3 is 12.1 Å². The zero-order valence-corrected chi connectivity index (χ0v) is 21.8. The van der Waals surface area contributed by atoms with Crippen LogP contribution in [0.25, 0.3) is 22.2 Å². The summed E-state index contributed by atoms with van der Waals surface area (Å²) in [7, 11) is 5.41. The number of rotatable bonds is 6. The first kappa shape index (κ1) is 25.1. The molecule has 8 heteroatoms. The average molecular weight is 506 g/mol. The number of hydrogen-bond donors (Lipinski definition) is 1. The number of carbonyl (C=O) groups excluding carboxylic acids is 1. The number of anilines is 1. The van der Waals surface area contributed by atoms with E-state index in [9.17, 15) is 14.7 Å². The number of fused-ring (bicyclic) bond motifs is 5. The second kappa shape index (κ2) is 10.5. The van der Waals surface area contributed by atoms with E-state index >= 15 is 0 Å². The van der Waals surface area contributed by atoms with Gasteiger partial charge in [0.2, 0.25) is 0 Å². The van der Waals surface area contributed by atoms with Crippen LogP contribution in [0.1, 0.15) is 53.9 Å². The van der Waals surface area contributed by atoms with E-state index in [1.807, 2.05) is 30.3 Å². The summed E-state index contributed by atoms with van der Waals surface area (Å²) in [5.74, 6) is -0.0457. The van der Waals surface area contributed by atoms with Crippen molar-refractivity contribution in [3.05, 3.63) is 47.5 Å². The maximum Gasteiger partial charge on any atom is 0.513 e. The molecule has 1 fully saturated rings. The molecule has 1 aromatic heterocycles. The number of carbonyl (C=O) groups is 2. The van der Waals surface area contributed by atoms with Gasteiger partial charge in [0.05, 0.1) is 18.4 Å². The molecule has 5 rings (SSSR count). The number of hydrogen-bond acceptors (Lipinski definition) is 6. The topological polar surface area (TPSA) is 84.2 Å². The predicted octanol–water partition coefficient (Wildman–Crippen LogP) is 5.58. The fourth-order valence-electron chi connectivity index (χ4n) is 5.91. The number of carboxylic acids is 1. The van der Waals surface area contributed by atoms with Gasteiger partial charge in [0.1, 0.15) is 5.75 Å². The standard InChI is InChI=1S/C29H35N3O5/c1-30(2)13-14-31-15-16-32-25-17-20(28(33)34)9-11-22(25)26(19-7-5-4-6-8-19)27(32)23-12-10-21(18-24(23)31)37-29(35)36-3/h9-12,17-19H,4-8,13-16H2,1-3H3,(H,33,34). The van der Waals surface area contributed by atoms with Gasteiger partial charge in [0, 0.05) is 54.4 Å². The van der Waals surface area contributed by atoms with E-state index in [-0.39, 0.29) is 0 Å². The Morgan fingerprint density at radius 3 is 2.54 bits per heavy atom. The summed E-state index contributed by atoms with van der Waals surface area (Å²) < 4.78 is 12.5. The molecule has 2 heterocycles. The van der Waals surface area contributed by atoms with E-state index < -0.39 is 12.1 Å². The molecule has 2 aromatic carbocycles. The normalized spacial score (nSPS) is 15.8. The summed E-state index contributed by atoms with van der Waals surface area (Å²) >= 11 is 0. The van der Waals surface area contributed by atoms with Crippen molar-refractivity contribution in [2.75, 3.05) is 45.7 Å². The molecular weight excluding hydrogens is 470 g/mol. The Balaban J connectivity index is 1.73. The summed E-state index contributed by atoms with van der Waals surface area (Å²) in [5.41, 5.74) is 5.87. The van der Waals surface area contributed by atoms with Crippen LogP contribution in [0.5, 0.6) is 5.75 Å². The van der Waals surface area contributed by atoms with Crippen molar-refractivity contribution in [3.8, 4) is 17.0 Å². The third kappa shape index (κ3) is 4.90. The largest absolute Gasteiger partial charge is 0.513 e. The second-order valence-corrected chi connectivity index (χ2v) is 10.3. The van der Waals surface area contributed by atoms with Crippen molar-refractivity contribution < 1.29 is 24.2 Å². The maximum absolute atomic E-state index is 11.9. The minimum atomic E-state index is -0.914. The van der Waals surface area contributed by atoms with E-state index in [0.29, 0.717) is 17.2 Å². The number of aromatic carboxylic acids is 1. The first-order valence-corrected chi connectivity index (χ1v) is 13.1. The quantitative estimate of drug-likeness (QED) is 0.346. The third-order valence-corrected chi connectivity index (χ3v) is 7.71. The summed E-state index contributed by atoms with van der Waals surface area (Å²) in [6.45, 7) is 3.16. The van der Waals surface area contributed by atoms with Crippen LogP contribution in [0, 0.1) is 0 Å². The molecule has 1 N–H and O–H groups in total. The van der Waals surface area contributed by atoms with Gasteiger partial charge in [0.15, 0.2) is 0 Å². The Bertz CT molecular complexity index is 1320. The van der Waals surface area contributed by atoms with Gasteiger partial charge in [-0.25, -0.2) is 9.59 Å². The van der Waals surface area contributed by atoms with E-state index in [1.54, 1.807) is 6.07 Å².